The summed E-state index contributed by atoms with van der Waals surface area (Å²) >= 11 is 0. The highest BCUT2D eigenvalue weighted by atomic mass is 32.2. The van der Waals surface area contributed by atoms with E-state index in [1.165, 1.54) is 0 Å². The number of carbonyl (C=O) groups is 1. The van der Waals surface area contributed by atoms with Crippen LogP contribution in [0.4, 0.5) is 0 Å². The molecule has 0 saturated carbocycles. The standard InChI is InChI=1S/C10H22N2O4S/c1-4-12(6-7-16-2)10(13)9(11)5-8-17(3,14)15/h9H,4-8,11H2,1-3H3. The zero-order valence-electron chi connectivity index (χ0n) is 10.7. The van der Waals surface area contributed by atoms with E-state index in [1.54, 1.807) is 12.0 Å². The Hall–Kier alpha value is -0.660. The normalized spacial score (nSPS) is 13.4. The molecule has 0 radical (unpaired) electrons. The van der Waals surface area contributed by atoms with Crippen LogP contribution in [0.5, 0.6) is 0 Å². The highest BCUT2D eigenvalue weighted by molar-refractivity contribution is 7.90. The van der Waals surface area contributed by atoms with Gasteiger partial charge in [0.1, 0.15) is 9.84 Å². The first-order valence-corrected chi connectivity index (χ1v) is 7.59. The number of nitrogens with zero attached hydrogens (tertiary/aromatic N) is 1. The molecule has 1 unspecified atom stereocenters. The molecule has 0 spiro atoms. The Balaban J connectivity index is 4.25. The van der Waals surface area contributed by atoms with Gasteiger partial charge in [0, 0.05) is 26.5 Å². The van der Waals surface area contributed by atoms with E-state index in [-0.39, 0.29) is 18.1 Å². The van der Waals surface area contributed by atoms with Crippen molar-refractivity contribution in [3.05, 3.63) is 0 Å². The highest BCUT2D eigenvalue weighted by Crippen LogP contribution is 2.00. The first-order valence-electron chi connectivity index (χ1n) is 5.52. The van der Waals surface area contributed by atoms with Crippen molar-refractivity contribution in [3.63, 3.8) is 0 Å². The summed E-state index contributed by atoms with van der Waals surface area (Å²) in [5.74, 6) is -0.296. The van der Waals surface area contributed by atoms with Gasteiger partial charge in [0.05, 0.1) is 18.4 Å². The molecule has 0 aromatic rings. The molecular formula is C10H22N2O4S. The maximum Gasteiger partial charge on any atom is 0.239 e. The van der Waals surface area contributed by atoms with Crippen LogP contribution in [-0.4, -0.2) is 64.1 Å². The maximum absolute atomic E-state index is 11.8. The van der Waals surface area contributed by atoms with E-state index in [2.05, 4.69) is 0 Å². The Morgan fingerprint density at radius 2 is 2.06 bits per heavy atom. The Kier molecular flexibility index (Phi) is 7.33. The van der Waals surface area contributed by atoms with Crippen molar-refractivity contribution in [3.8, 4) is 0 Å². The second kappa shape index (κ2) is 7.62. The van der Waals surface area contributed by atoms with E-state index in [9.17, 15) is 13.2 Å². The summed E-state index contributed by atoms with van der Waals surface area (Å²) in [6, 6.07) is -0.762. The number of ether oxygens (including phenoxy) is 1. The molecule has 0 aromatic heterocycles. The molecule has 17 heavy (non-hydrogen) atoms. The van der Waals surface area contributed by atoms with Crippen molar-refractivity contribution in [2.45, 2.75) is 19.4 Å². The van der Waals surface area contributed by atoms with Crippen LogP contribution in [0, 0.1) is 0 Å². The van der Waals surface area contributed by atoms with Crippen LogP contribution in [0.3, 0.4) is 0 Å². The zero-order valence-corrected chi connectivity index (χ0v) is 11.5. The monoisotopic (exact) mass is 266 g/mol. The molecule has 7 heteroatoms. The summed E-state index contributed by atoms with van der Waals surface area (Å²) in [6.07, 6.45) is 1.29. The van der Waals surface area contributed by atoms with Gasteiger partial charge in [-0.25, -0.2) is 8.42 Å². The lowest BCUT2D eigenvalue weighted by molar-refractivity contribution is -0.133. The van der Waals surface area contributed by atoms with E-state index >= 15 is 0 Å². The first-order chi connectivity index (χ1) is 7.81. The summed E-state index contributed by atoms with van der Waals surface area (Å²) in [7, 11) is -1.52. The second-order valence-electron chi connectivity index (χ2n) is 3.94. The maximum atomic E-state index is 11.8. The van der Waals surface area contributed by atoms with Crippen LogP contribution in [0.15, 0.2) is 0 Å². The molecular weight excluding hydrogens is 244 g/mol. The molecule has 0 bridgehead atoms. The first kappa shape index (κ1) is 16.3. The summed E-state index contributed by atoms with van der Waals surface area (Å²) in [5, 5.41) is 0. The van der Waals surface area contributed by atoms with E-state index in [0.717, 1.165) is 6.26 Å². The van der Waals surface area contributed by atoms with Gasteiger partial charge < -0.3 is 15.4 Å². The Labute approximate surface area is 103 Å². The molecule has 0 rings (SSSR count). The van der Waals surface area contributed by atoms with Gasteiger partial charge >= 0.3 is 0 Å². The number of hydrogen-bond donors (Lipinski definition) is 1. The van der Waals surface area contributed by atoms with Crippen molar-refractivity contribution in [1.29, 1.82) is 0 Å². The van der Waals surface area contributed by atoms with Crippen LogP contribution >= 0.6 is 0 Å². The van der Waals surface area contributed by atoms with Gasteiger partial charge in [-0.1, -0.05) is 0 Å². The number of amides is 1. The molecule has 0 saturated heterocycles. The Morgan fingerprint density at radius 1 is 1.47 bits per heavy atom. The molecule has 0 aliphatic rings. The van der Waals surface area contributed by atoms with Gasteiger partial charge in [0.15, 0.2) is 0 Å². The lowest BCUT2D eigenvalue weighted by Crippen LogP contribution is -2.45. The SMILES string of the molecule is CCN(CCOC)C(=O)C(N)CCS(C)(=O)=O. The van der Waals surface area contributed by atoms with Gasteiger partial charge in [-0.3, -0.25) is 4.79 Å². The molecule has 0 aromatic carbocycles. The number of rotatable bonds is 8. The predicted octanol–water partition coefficient (Wildman–Crippen LogP) is -0.757. The molecule has 0 aliphatic carbocycles. The number of likely N-dealkylation sites (N-methyl/N-ethyl adjacent to an activating group) is 1. The van der Waals surface area contributed by atoms with Crippen molar-refractivity contribution < 1.29 is 17.9 Å². The number of hydrogen-bond acceptors (Lipinski definition) is 5. The van der Waals surface area contributed by atoms with Crippen LogP contribution in [-0.2, 0) is 19.4 Å². The van der Waals surface area contributed by atoms with Crippen molar-refractivity contribution >= 4 is 15.7 Å². The molecule has 1 atom stereocenters. The fourth-order valence-electron chi connectivity index (χ4n) is 1.32. The third kappa shape index (κ3) is 7.30. The summed E-state index contributed by atoms with van der Waals surface area (Å²) < 4.78 is 26.8. The highest BCUT2D eigenvalue weighted by Gasteiger charge is 2.20. The largest absolute Gasteiger partial charge is 0.383 e. The van der Waals surface area contributed by atoms with Crippen molar-refractivity contribution in [1.82, 2.24) is 4.90 Å². The summed E-state index contributed by atoms with van der Waals surface area (Å²) in [6.45, 7) is 3.29. The van der Waals surface area contributed by atoms with Crippen molar-refractivity contribution in [2.75, 3.05) is 38.8 Å². The van der Waals surface area contributed by atoms with Gasteiger partial charge in [-0.2, -0.15) is 0 Å². The molecule has 0 aliphatic heterocycles. The van der Waals surface area contributed by atoms with E-state index in [1.807, 2.05) is 6.92 Å². The fourth-order valence-corrected chi connectivity index (χ4v) is 2.01. The number of sulfone groups is 1. The smallest absolute Gasteiger partial charge is 0.239 e. The zero-order chi connectivity index (χ0) is 13.5. The lowest BCUT2D eigenvalue weighted by atomic mass is 10.2. The third-order valence-electron chi connectivity index (χ3n) is 2.38. The molecule has 2 N–H and O–H groups in total. The lowest BCUT2D eigenvalue weighted by Gasteiger charge is -2.23. The Bertz CT molecular complexity index is 329. The number of nitrogens with two attached hydrogens (primary N) is 1. The van der Waals surface area contributed by atoms with Gasteiger partial charge in [-0.05, 0) is 13.3 Å². The van der Waals surface area contributed by atoms with Gasteiger partial charge in [0.2, 0.25) is 5.91 Å². The minimum absolute atomic E-state index is 0.0677. The van der Waals surface area contributed by atoms with E-state index < -0.39 is 15.9 Å². The topological polar surface area (TPSA) is 89.7 Å². The van der Waals surface area contributed by atoms with Gasteiger partial charge in [0.25, 0.3) is 0 Å². The summed E-state index contributed by atoms with van der Waals surface area (Å²) in [5.41, 5.74) is 5.68. The summed E-state index contributed by atoms with van der Waals surface area (Å²) in [4.78, 5) is 13.4. The Morgan fingerprint density at radius 3 is 2.47 bits per heavy atom. The predicted molar refractivity (Wildman–Crippen MR) is 66.4 cm³/mol. The molecule has 102 valence electrons. The van der Waals surface area contributed by atoms with Crippen molar-refractivity contribution in [2.24, 2.45) is 5.73 Å². The minimum Gasteiger partial charge on any atom is -0.383 e. The molecule has 0 fully saturated rings. The average molecular weight is 266 g/mol. The fraction of sp³-hybridized carbons (Fsp3) is 0.900. The van der Waals surface area contributed by atoms with E-state index in [4.69, 9.17) is 10.5 Å². The molecule has 1 amide bonds. The van der Waals surface area contributed by atoms with E-state index in [0.29, 0.717) is 19.7 Å². The van der Waals surface area contributed by atoms with Crippen LogP contribution in [0.2, 0.25) is 0 Å². The molecule has 0 heterocycles. The average Bonchev–Trinajstić information content (AvgIpc) is 2.25. The van der Waals surface area contributed by atoms with Crippen LogP contribution in [0.1, 0.15) is 13.3 Å². The third-order valence-corrected chi connectivity index (χ3v) is 3.35. The van der Waals surface area contributed by atoms with Crippen LogP contribution in [0.25, 0.3) is 0 Å². The second-order valence-corrected chi connectivity index (χ2v) is 6.20. The number of methoxy groups -OCH3 is 1. The van der Waals surface area contributed by atoms with Gasteiger partial charge in [-0.15, -0.1) is 0 Å². The number of carbonyl (C=O) groups excluding carboxylic acids is 1. The molecule has 6 nitrogen and oxygen atoms in total. The van der Waals surface area contributed by atoms with Crippen LogP contribution < -0.4 is 5.73 Å². The minimum atomic E-state index is -3.08. The quantitative estimate of drug-likeness (QED) is 0.624.